The molecule has 0 aliphatic heterocycles. The summed E-state index contributed by atoms with van der Waals surface area (Å²) >= 11 is 4.93. The number of para-hydroxylation sites is 1. The van der Waals surface area contributed by atoms with E-state index in [9.17, 15) is 4.79 Å². The van der Waals surface area contributed by atoms with Crippen molar-refractivity contribution in [3.8, 4) is 5.69 Å². The van der Waals surface area contributed by atoms with Crippen LogP contribution in [-0.2, 0) is 0 Å². The number of hydrogen-bond acceptors (Lipinski definition) is 3. The Balaban J connectivity index is 1.77. The first-order valence-electron chi connectivity index (χ1n) is 6.54. The molecule has 2 heterocycles. The zero-order valence-corrected chi connectivity index (χ0v) is 13.8. The van der Waals surface area contributed by atoms with Crippen LogP contribution in [0.2, 0.25) is 0 Å². The van der Waals surface area contributed by atoms with Gasteiger partial charge in [0.05, 0.1) is 17.5 Å². The molecular weight excluding hydrogens is 362 g/mol. The predicted octanol–water partition coefficient (Wildman–Crippen LogP) is 4.07. The number of amides is 1. The van der Waals surface area contributed by atoms with Crippen molar-refractivity contribution in [2.24, 2.45) is 5.10 Å². The van der Waals surface area contributed by atoms with Crippen LogP contribution in [0, 0.1) is 0 Å². The van der Waals surface area contributed by atoms with Crippen LogP contribution in [0.5, 0.6) is 0 Å². The number of hydrogen-bond donors (Lipinski definition) is 1. The zero-order valence-electron chi connectivity index (χ0n) is 11.4. The van der Waals surface area contributed by atoms with Crippen LogP contribution in [0.1, 0.15) is 15.2 Å². The maximum atomic E-state index is 12.3. The van der Waals surface area contributed by atoms with Crippen molar-refractivity contribution in [1.29, 1.82) is 0 Å². The summed E-state index contributed by atoms with van der Waals surface area (Å²) in [5.41, 5.74) is 3.96. The summed E-state index contributed by atoms with van der Waals surface area (Å²) in [4.78, 5) is 13.3. The first-order chi connectivity index (χ1) is 10.7. The van der Waals surface area contributed by atoms with Gasteiger partial charge in [0.25, 0.3) is 5.91 Å². The lowest BCUT2D eigenvalue weighted by molar-refractivity contribution is 0.0955. The van der Waals surface area contributed by atoms with Crippen molar-refractivity contribution < 1.29 is 4.79 Å². The minimum Gasteiger partial charge on any atom is -0.323 e. The topological polar surface area (TPSA) is 46.4 Å². The molecule has 1 aromatic carbocycles. The van der Waals surface area contributed by atoms with Crippen molar-refractivity contribution in [3.63, 3.8) is 0 Å². The molecule has 0 spiro atoms. The molecule has 110 valence electrons. The summed E-state index contributed by atoms with van der Waals surface area (Å²) in [5, 5.41) is 5.97. The van der Waals surface area contributed by atoms with Gasteiger partial charge in [0.15, 0.2) is 0 Å². The van der Waals surface area contributed by atoms with Crippen LogP contribution in [0.25, 0.3) is 5.69 Å². The fraction of sp³-hybridized carbons (Fsp3) is 0. The molecular formula is C16H12BrN3OS. The minimum atomic E-state index is -0.240. The molecule has 0 saturated carbocycles. The lowest BCUT2D eigenvalue weighted by Crippen LogP contribution is -2.19. The van der Waals surface area contributed by atoms with Gasteiger partial charge in [0.2, 0.25) is 0 Å². The third-order valence-electron chi connectivity index (χ3n) is 2.98. The van der Waals surface area contributed by atoms with Crippen molar-refractivity contribution in [3.05, 3.63) is 75.2 Å². The average Bonchev–Trinajstić information content (AvgIpc) is 3.19. The van der Waals surface area contributed by atoms with Gasteiger partial charge in [0.1, 0.15) is 0 Å². The van der Waals surface area contributed by atoms with Crippen molar-refractivity contribution in [2.75, 3.05) is 0 Å². The molecule has 0 fully saturated rings. The standard InChI is InChI=1S/C16H12BrN3OS/c17-12-9-13(22-11-12)10-18-19-16(21)14-5-1-2-6-15(14)20-7-3-4-8-20/h1-11H,(H,19,21)/b18-10-. The third-order valence-corrected chi connectivity index (χ3v) is 4.61. The van der Waals surface area contributed by atoms with E-state index in [0.29, 0.717) is 5.56 Å². The number of nitrogens with zero attached hydrogens (tertiary/aromatic N) is 2. The highest BCUT2D eigenvalue weighted by molar-refractivity contribution is 9.10. The van der Waals surface area contributed by atoms with E-state index in [2.05, 4.69) is 26.5 Å². The van der Waals surface area contributed by atoms with Crippen LogP contribution in [0.4, 0.5) is 0 Å². The van der Waals surface area contributed by atoms with E-state index in [1.54, 1.807) is 23.6 Å². The third kappa shape index (κ3) is 3.35. The van der Waals surface area contributed by atoms with E-state index in [1.807, 2.05) is 58.7 Å². The summed E-state index contributed by atoms with van der Waals surface area (Å²) in [6, 6.07) is 13.2. The molecule has 0 radical (unpaired) electrons. The minimum absolute atomic E-state index is 0.240. The predicted molar refractivity (Wildman–Crippen MR) is 92.8 cm³/mol. The van der Waals surface area contributed by atoms with E-state index in [1.165, 1.54) is 0 Å². The van der Waals surface area contributed by atoms with Crippen LogP contribution >= 0.6 is 27.3 Å². The van der Waals surface area contributed by atoms with Gasteiger partial charge >= 0.3 is 0 Å². The van der Waals surface area contributed by atoms with Crippen LogP contribution in [0.15, 0.2) is 69.8 Å². The number of carbonyl (C=O) groups is 1. The molecule has 0 bridgehead atoms. The van der Waals surface area contributed by atoms with Gasteiger partial charge in [-0.15, -0.1) is 11.3 Å². The molecule has 1 amide bonds. The van der Waals surface area contributed by atoms with E-state index in [-0.39, 0.29) is 5.91 Å². The van der Waals surface area contributed by atoms with Gasteiger partial charge in [-0.3, -0.25) is 4.79 Å². The molecule has 0 aliphatic rings. The maximum absolute atomic E-state index is 12.3. The van der Waals surface area contributed by atoms with Gasteiger partial charge < -0.3 is 4.57 Å². The summed E-state index contributed by atoms with van der Waals surface area (Å²) in [5.74, 6) is -0.240. The molecule has 0 aliphatic carbocycles. The largest absolute Gasteiger partial charge is 0.323 e. The van der Waals surface area contributed by atoms with Crippen molar-refractivity contribution >= 4 is 39.4 Å². The Hall–Kier alpha value is -2.18. The molecule has 3 rings (SSSR count). The summed E-state index contributed by atoms with van der Waals surface area (Å²) in [7, 11) is 0. The van der Waals surface area contributed by atoms with Crippen LogP contribution in [-0.4, -0.2) is 16.7 Å². The highest BCUT2D eigenvalue weighted by atomic mass is 79.9. The zero-order chi connectivity index (χ0) is 15.4. The lowest BCUT2D eigenvalue weighted by Gasteiger charge is -2.08. The second-order valence-electron chi connectivity index (χ2n) is 4.47. The first-order valence-corrected chi connectivity index (χ1v) is 8.21. The normalized spacial score (nSPS) is 11.0. The quantitative estimate of drug-likeness (QED) is 0.543. The molecule has 4 nitrogen and oxygen atoms in total. The molecule has 0 atom stereocenters. The Bertz CT molecular complexity index is 808. The van der Waals surface area contributed by atoms with Gasteiger partial charge in [-0.1, -0.05) is 12.1 Å². The number of hydrazone groups is 1. The van der Waals surface area contributed by atoms with Gasteiger partial charge in [-0.2, -0.15) is 5.10 Å². The molecule has 1 N–H and O–H groups in total. The molecule has 6 heteroatoms. The molecule has 0 unspecified atom stereocenters. The first kappa shape index (κ1) is 14.7. The van der Waals surface area contributed by atoms with Gasteiger partial charge in [-0.25, -0.2) is 5.43 Å². The monoisotopic (exact) mass is 373 g/mol. The molecule has 3 aromatic rings. The number of benzene rings is 1. The smallest absolute Gasteiger partial charge is 0.273 e. The van der Waals surface area contributed by atoms with E-state index >= 15 is 0 Å². The Morgan fingerprint density at radius 2 is 2.00 bits per heavy atom. The van der Waals surface area contributed by atoms with Crippen molar-refractivity contribution in [2.45, 2.75) is 0 Å². The average molecular weight is 374 g/mol. The fourth-order valence-corrected chi connectivity index (χ4v) is 3.30. The van der Waals surface area contributed by atoms with Crippen LogP contribution in [0.3, 0.4) is 0 Å². The number of nitrogens with one attached hydrogen (secondary N) is 1. The lowest BCUT2D eigenvalue weighted by atomic mass is 10.1. The number of carbonyl (C=O) groups excluding carboxylic acids is 1. The number of rotatable bonds is 4. The highest BCUT2D eigenvalue weighted by Gasteiger charge is 2.10. The molecule has 2 aromatic heterocycles. The highest BCUT2D eigenvalue weighted by Crippen LogP contribution is 2.18. The number of thiophene rings is 1. The summed E-state index contributed by atoms with van der Waals surface area (Å²) < 4.78 is 2.90. The maximum Gasteiger partial charge on any atom is 0.273 e. The molecule has 22 heavy (non-hydrogen) atoms. The Labute approximate surface area is 140 Å². The Morgan fingerprint density at radius 3 is 2.73 bits per heavy atom. The fourth-order valence-electron chi connectivity index (χ4n) is 2.00. The SMILES string of the molecule is O=C(N/N=C\c1cc(Br)cs1)c1ccccc1-n1cccc1. The van der Waals surface area contributed by atoms with Gasteiger partial charge in [0, 0.05) is 27.1 Å². The summed E-state index contributed by atoms with van der Waals surface area (Å²) in [6.07, 6.45) is 5.43. The number of halogens is 1. The summed E-state index contributed by atoms with van der Waals surface area (Å²) in [6.45, 7) is 0. The second-order valence-corrected chi connectivity index (χ2v) is 6.33. The second kappa shape index (κ2) is 6.72. The van der Waals surface area contributed by atoms with Gasteiger partial charge in [-0.05, 0) is 46.3 Å². The van der Waals surface area contributed by atoms with Crippen molar-refractivity contribution in [1.82, 2.24) is 9.99 Å². The van der Waals surface area contributed by atoms with E-state index < -0.39 is 0 Å². The Kier molecular flexibility index (Phi) is 4.50. The van der Waals surface area contributed by atoms with E-state index in [0.717, 1.165) is 15.0 Å². The number of aromatic nitrogens is 1. The molecule has 0 saturated heterocycles. The van der Waals surface area contributed by atoms with E-state index in [4.69, 9.17) is 0 Å². The van der Waals surface area contributed by atoms with Crippen LogP contribution < -0.4 is 5.43 Å². The Morgan fingerprint density at radius 1 is 1.23 bits per heavy atom.